The lowest BCUT2D eigenvalue weighted by Crippen LogP contribution is -2.45. The van der Waals surface area contributed by atoms with Gasteiger partial charge < -0.3 is 23.5 Å². The number of halogens is 3. The predicted molar refractivity (Wildman–Crippen MR) is 110 cm³/mol. The molecule has 4 heterocycles. The van der Waals surface area contributed by atoms with Crippen molar-refractivity contribution in [3.8, 4) is 17.2 Å². The van der Waals surface area contributed by atoms with Gasteiger partial charge in [-0.15, -0.1) is 0 Å². The number of nitrogens with zero attached hydrogens (tertiary/aromatic N) is 1. The van der Waals surface area contributed by atoms with Crippen LogP contribution in [0.3, 0.4) is 0 Å². The van der Waals surface area contributed by atoms with E-state index in [4.69, 9.17) is 18.6 Å². The van der Waals surface area contributed by atoms with E-state index >= 15 is 0 Å². The molecule has 0 bridgehead atoms. The molecule has 1 unspecified atom stereocenters. The molecule has 0 saturated carbocycles. The zero-order valence-corrected chi connectivity index (χ0v) is 17.3. The number of para-hydroxylation sites is 1. The molecule has 1 aromatic heterocycles. The number of rotatable bonds is 2. The zero-order valence-electron chi connectivity index (χ0n) is 17.3. The van der Waals surface area contributed by atoms with Crippen molar-refractivity contribution in [3.63, 3.8) is 0 Å². The Bertz CT molecular complexity index is 1270. The van der Waals surface area contributed by atoms with Crippen LogP contribution in [-0.4, -0.2) is 25.7 Å². The fraction of sp³-hybridized carbons (Fsp3) is 0.292. The Labute approximate surface area is 186 Å². The molecule has 0 aliphatic carbocycles. The van der Waals surface area contributed by atoms with Crippen LogP contribution in [0.1, 0.15) is 29.1 Å². The minimum Gasteiger partial charge on any atom is -0.492 e. The first-order valence-corrected chi connectivity index (χ1v) is 10.5. The van der Waals surface area contributed by atoms with Crippen molar-refractivity contribution in [3.05, 3.63) is 71.2 Å². The molecule has 3 aliphatic rings. The van der Waals surface area contributed by atoms with Gasteiger partial charge in [-0.25, -0.2) is 0 Å². The third-order valence-electron chi connectivity index (χ3n) is 6.35. The number of carbonyl (C=O) groups excluding carboxylic acids is 1. The fourth-order valence-electron chi connectivity index (χ4n) is 4.85. The Morgan fingerprint density at radius 1 is 0.909 bits per heavy atom. The molecule has 6 rings (SSSR count). The number of furan rings is 1. The van der Waals surface area contributed by atoms with Gasteiger partial charge >= 0.3 is 6.18 Å². The standard InChI is InChI=1S/C24H18F3NO5/c25-24(26,27)21-6-5-14(33-21)12-28-17-4-2-1-3-15(17)23(11-22(28)29)13-32-18-10-20-19(9-16(18)23)30-7-8-31-20/h1-6,9-10H,7-8,11-13H2. The summed E-state index contributed by atoms with van der Waals surface area (Å²) in [5, 5.41) is 0. The van der Waals surface area contributed by atoms with Crippen LogP contribution in [0.5, 0.6) is 17.2 Å². The van der Waals surface area contributed by atoms with Crippen LogP contribution >= 0.6 is 0 Å². The lowest BCUT2D eigenvalue weighted by atomic mass is 9.70. The van der Waals surface area contributed by atoms with Gasteiger partial charge in [0.15, 0.2) is 11.5 Å². The van der Waals surface area contributed by atoms with E-state index in [1.807, 2.05) is 18.2 Å². The number of ether oxygens (including phenoxy) is 3. The van der Waals surface area contributed by atoms with Crippen LogP contribution in [0.4, 0.5) is 18.9 Å². The molecule has 2 aromatic carbocycles. The Morgan fingerprint density at radius 3 is 2.42 bits per heavy atom. The second-order valence-corrected chi connectivity index (χ2v) is 8.30. The van der Waals surface area contributed by atoms with E-state index in [0.717, 1.165) is 17.2 Å². The maximum atomic E-state index is 13.4. The number of anilines is 1. The van der Waals surface area contributed by atoms with Gasteiger partial charge in [0, 0.05) is 23.7 Å². The monoisotopic (exact) mass is 457 g/mol. The molecule has 6 nitrogen and oxygen atoms in total. The minimum atomic E-state index is -4.58. The first-order chi connectivity index (χ1) is 15.8. The van der Waals surface area contributed by atoms with E-state index < -0.39 is 17.4 Å². The third-order valence-corrected chi connectivity index (χ3v) is 6.35. The molecule has 33 heavy (non-hydrogen) atoms. The lowest BCUT2D eigenvalue weighted by molar-refractivity contribution is -0.153. The summed E-state index contributed by atoms with van der Waals surface area (Å²) >= 11 is 0. The highest BCUT2D eigenvalue weighted by Crippen LogP contribution is 2.54. The second-order valence-electron chi connectivity index (χ2n) is 8.30. The van der Waals surface area contributed by atoms with Gasteiger partial charge in [0.25, 0.3) is 0 Å². The molecule has 1 atom stereocenters. The molecule has 1 amide bonds. The highest BCUT2D eigenvalue weighted by Gasteiger charge is 2.50. The number of alkyl halides is 3. The average Bonchev–Trinajstić information content (AvgIpc) is 3.41. The van der Waals surface area contributed by atoms with Gasteiger partial charge in [-0.05, 0) is 29.8 Å². The number of benzene rings is 2. The van der Waals surface area contributed by atoms with Crippen molar-refractivity contribution in [1.29, 1.82) is 0 Å². The number of fused-ring (bicyclic) bond motifs is 5. The van der Waals surface area contributed by atoms with Gasteiger partial charge in [0.05, 0.1) is 12.0 Å². The Hall–Kier alpha value is -3.62. The summed E-state index contributed by atoms with van der Waals surface area (Å²) in [7, 11) is 0. The topological polar surface area (TPSA) is 61.1 Å². The van der Waals surface area contributed by atoms with Crippen LogP contribution < -0.4 is 19.1 Å². The predicted octanol–water partition coefficient (Wildman–Crippen LogP) is 4.69. The maximum Gasteiger partial charge on any atom is 0.449 e. The number of hydrogen-bond acceptors (Lipinski definition) is 5. The molecule has 0 fully saturated rings. The smallest absolute Gasteiger partial charge is 0.449 e. The summed E-state index contributed by atoms with van der Waals surface area (Å²) < 4.78 is 61.2. The molecule has 3 aromatic rings. The zero-order chi connectivity index (χ0) is 22.8. The number of amides is 1. The Morgan fingerprint density at radius 2 is 1.67 bits per heavy atom. The summed E-state index contributed by atoms with van der Waals surface area (Å²) in [6.07, 6.45) is -4.48. The SMILES string of the molecule is O=C1CC2(COc3cc4c(cc32)OCCO4)c2ccccc2N1Cc1ccc(C(F)(F)F)o1. The normalized spacial score (nSPS) is 21.1. The van der Waals surface area contributed by atoms with Crippen LogP contribution in [0, 0.1) is 0 Å². The molecule has 0 radical (unpaired) electrons. The quantitative estimate of drug-likeness (QED) is 0.559. The molecule has 0 saturated heterocycles. The van der Waals surface area contributed by atoms with Crippen molar-refractivity contribution >= 4 is 11.6 Å². The van der Waals surface area contributed by atoms with E-state index in [9.17, 15) is 18.0 Å². The van der Waals surface area contributed by atoms with Crippen molar-refractivity contribution in [2.75, 3.05) is 24.7 Å². The van der Waals surface area contributed by atoms with Gasteiger partial charge in [-0.2, -0.15) is 13.2 Å². The molecular formula is C24H18F3NO5. The van der Waals surface area contributed by atoms with Crippen molar-refractivity contribution in [2.24, 2.45) is 0 Å². The molecule has 9 heteroatoms. The summed E-state index contributed by atoms with van der Waals surface area (Å²) in [6.45, 7) is 1.06. The van der Waals surface area contributed by atoms with Gasteiger partial charge in [-0.3, -0.25) is 4.79 Å². The van der Waals surface area contributed by atoms with E-state index in [1.165, 1.54) is 11.0 Å². The average molecular weight is 457 g/mol. The van der Waals surface area contributed by atoms with E-state index in [0.29, 0.717) is 36.1 Å². The van der Waals surface area contributed by atoms with Crippen LogP contribution in [0.25, 0.3) is 0 Å². The molecule has 1 spiro atoms. The van der Waals surface area contributed by atoms with Gasteiger partial charge in [0.1, 0.15) is 31.3 Å². The minimum absolute atomic E-state index is 0.0594. The highest BCUT2D eigenvalue weighted by atomic mass is 19.4. The molecule has 3 aliphatic heterocycles. The van der Waals surface area contributed by atoms with Crippen LogP contribution in [0.15, 0.2) is 52.9 Å². The summed E-state index contributed by atoms with van der Waals surface area (Å²) in [5.41, 5.74) is 1.59. The first kappa shape index (κ1) is 20.0. The Kier molecular flexibility index (Phi) is 4.21. The van der Waals surface area contributed by atoms with Crippen molar-refractivity contribution in [2.45, 2.75) is 24.6 Å². The van der Waals surface area contributed by atoms with Gasteiger partial charge in [-0.1, -0.05) is 18.2 Å². The summed E-state index contributed by atoms with van der Waals surface area (Å²) in [4.78, 5) is 14.8. The maximum absolute atomic E-state index is 13.4. The van der Waals surface area contributed by atoms with Crippen molar-refractivity contribution < 1.29 is 36.6 Å². The molecular weight excluding hydrogens is 439 g/mol. The molecule has 0 N–H and O–H groups in total. The second kappa shape index (κ2) is 6.94. The number of hydrogen-bond donors (Lipinski definition) is 0. The van der Waals surface area contributed by atoms with Gasteiger partial charge in [0.2, 0.25) is 11.7 Å². The Balaban J connectivity index is 1.41. The largest absolute Gasteiger partial charge is 0.492 e. The fourth-order valence-corrected chi connectivity index (χ4v) is 4.85. The summed E-state index contributed by atoms with van der Waals surface area (Å²) in [5.74, 6) is 0.585. The van der Waals surface area contributed by atoms with Crippen LogP contribution in [0.2, 0.25) is 0 Å². The first-order valence-electron chi connectivity index (χ1n) is 10.5. The lowest BCUT2D eigenvalue weighted by Gasteiger charge is -2.39. The summed E-state index contributed by atoms with van der Waals surface area (Å²) in [6, 6.07) is 13.2. The van der Waals surface area contributed by atoms with E-state index in [2.05, 4.69) is 0 Å². The number of carbonyl (C=O) groups is 1. The highest BCUT2D eigenvalue weighted by molar-refractivity contribution is 5.99. The van der Waals surface area contributed by atoms with Crippen LogP contribution in [-0.2, 0) is 22.9 Å². The van der Waals surface area contributed by atoms with Crippen molar-refractivity contribution in [1.82, 2.24) is 0 Å². The third kappa shape index (κ3) is 3.06. The molecule has 170 valence electrons. The van der Waals surface area contributed by atoms with E-state index in [-0.39, 0.29) is 31.2 Å². The van der Waals surface area contributed by atoms with E-state index in [1.54, 1.807) is 18.2 Å².